The van der Waals surface area contributed by atoms with Crippen LogP contribution < -0.4 is 5.32 Å². The van der Waals surface area contributed by atoms with Gasteiger partial charge < -0.3 is 20.3 Å². The summed E-state index contributed by atoms with van der Waals surface area (Å²) in [5.74, 6) is -4.27. The molecule has 1 saturated heterocycles. The highest BCUT2D eigenvalue weighted by Gasteiger charge is 2.35. The Kier molecular flexibility index (Phi) is 7.31. The van der Waals surface area contributed by atoms with Gasteiger partial charge in [-0.2, -0.15) is 0 Å². The molecule has 2 rings (SSSR count). The fraction of sp³-hybridized carbons (Fsp3) is 0.438. The van der Waals surface area contributed by atoms with E-state index in [1.54, 1.807) is 12.1 Å². The Hall–Kier alpha value is -2.48. The summed E-state index contributed by atoms with van der Waals surface area (Å²) in [5.41, 5.74) is 0.930. The lowest BCUT2D eigenvalue weighted by atomic mass is 9.94. The summed E-state index contributed by atoms with van der Waals surface area (Å²) in [7, 11) is 0. The van der Waals surface area contributed by atoms with E-state index < -0.39 is 11.9 Å². The van der Waals surface area contributed by atoms with Gasteiger partial charge in [-0.25, -0.2) is 14.0 Å². The number of ether oxygens (including phenoxy) is 1. The summed E-state index contributed by atoms with van der Waals surface area (Å²) in [6.45, 7) is 4.46. The predicted molar refractivity (Wildman–Crippen MR) is 81.8 cm³/mol. The molecule has 1 aromatic carbocycles. The topological polar surface area (TPSA) is 113 Å². The molecule has 1 aliphatic rings. The van der Waals surface area contributed by atoms with Crippen LogP contribution in [0.2, 0.25) is 0 Å². The largest absolute Gasteiger partial charge is 0.473 e. The van der Waals surface area contributed by atoms with Crippen molar-refractivity contribution in [2.75, 3.05) is 6.54 Å². The Morgan fingerprint density at radius 2 is 1.71 bits per heavy atom. The zero-order chi connectivity index (χ0) is 18.3. The van der Waals surface area contributed by atoms with Crippen LogP contribution in [0.25, 0.3) is 0 Å². The van der Waals surface area contributed by atoms with E-state index in [0.717, 1.165) is 18.5 Å². The number of hydrogen-bond donors (Lipinski definition) is 3. The van der Waals surface area contributed by atoms with Gasteiger partial charge in [-0.05, 0) is 44.5 Å². The average molecular weight is 341 g/mol. The molecule has 0 aromatic heterocycles. The maximum Gasteiger partial charge on any atom is 0.414 e. The molecule has 8 heteroatoms. The minimum Gasteiger partial charge on any atom is -0.473 e. The number of carbonyl (C=O) groups is 3. The van der Waals surface area contributed by atoms with Crippen molar-refractivity contribution in [1.29, 1.82) is 0 Å². The van der Waals surface area contributed by atoms with Crippen LogP contribution in [0.4, 0.5) is 4.39 Å². The minimum absolute atomic E-state index is 0.0724. The third kappa shape index (κ3) is 5.96. The lowest BCUT2D eigenvalue weighted by Gasteiger charge is -2.20. The predicted octanol–water partition coefficient (Wildman–Crippen LogP) is 1.58. The van der Waals surface area contributed by atoms with Gasteiger partial charge in [-0.3, -0.25) is 4.79 Å². The molecule has 1 heterocycles. The van der Waals surface area contributed by atoms with Gasteiger partial charge in [0.15, 0.2) is 0 Å². The monoisotopic (exact) mass is 341 g/mol. The molecule has 7 nitrogen and oxygen atoms in total. The summed E-state index contributed by atoms with van der Waals surface area (Å²) in [6.07, 6.45) is 0.653. The van der Waals surface area contributed by atoms with Gasteiger partial charge in [-0.15, -0.1) is 0 Å². The Morgan fingerprint density at radius 1 is 1.17 bits per heavy atom. The molecular formula is C16H20FNO6. The number of carbonyl (C=O) groups excluding carboxylic acids is 1. The lowest BCUT2D eigenvalue weighted by molar-refractivity contribution is -0.159. The van der Waals surface area contributed by atoms with Crippen molar-refractivity contribution in [2.24, 2.45) is 5.92 Å². The van der Waals surface area contributed by atoms with Crippen molar-refractivity contribution in [2.45, 2.75) is 32.4 Å². The number of rotatable bonds is 3. The van der Waals surface area contributed by atoms with Crippen LogP contribution in [0.3, 0.4) is 0 Å². The summed E-state index contributed by atoms with van der Waals surface area (Å²) in [5, 5.41) is 18.1. The maximum absolute atomic E-state index is 12.9. The summed E-state index contributed by atoms with van der Waals surface area (Å²) in [6, 6.07) is 6.19. The molecule has 0 spiro atoms. The van der Waals surface area contributed by atoms with E-state index in [9.17, 15) is 9.18 Å². The van der Waals surface area contributed by atoms with Crippen molar-refractivity contribution in [3.05, 3.63) is 35.6 Å². The van der Waals surface area contributed by atoms with E-state index in [4.69, 9.17) is 24.5 Å². The van der Waals surface area contributed by atoms with E-state index in [0.29, 0.717) is 0 Å². The number of carboxylic acids is 2. The maximum atomic E-state index is 12.9. The molecule has 0 amide bonds. The number of aliphatic carboxylic acids is 2. The second-order valence-corrected chi connectivity index (χ2v) is 5.47. The fourth-order valence-electron chi connectivity index (χ4n) is 2.30. The first-order chi connectivity index (χ1) is 11.2. The van der Waals surface area contributed by atoms with Crippen LogP contribution in [0, 0.1) is 11.7 Å². The van der Waals surface area contributed by atoms with E-state index in [-0.39, 0.29) is 29.9 Å². The van der Waals surface area contributed by atoms with Gasteiger partial charge in [0, 0.05) is 6.04 Å². The number of halogens is 1. The standard InChI is InChI=1S/C14H18FNO2.C2H2O4/c1-9(2)18-14(17)12-7-8-16-13(12)10-3-5-11(15)6-4-10;3-1(4)2(5)6/h3-6,9,12-13,16H,7-8H2,1-2H3;(H,3,4)(H,5,6)/t12-,13?;/m1./s1. The first-order valence-electron chi connectivity index (χ1n) is 7.38. The van der Waals surface area contributed by atoms with E-state index in [1.165, 1.54) is 12.1 Å². The molecule has 1 fully saturated rings. The molecule has 0 saturated carbocycles. The van der Waals surface area contributed by atoms with Gasteiger partial charge in [0.2, 0.25) is 0 Å². The van der Waals surface area contributed by atoms with Crippen molar-refractivity contribution in [3.63, 3.8) is 0 Å². The van der Waals surface area contributed by atoms with Crippen molar-refractivity contribution >= 4 is 17.9 Å². The van der Waals surface area contributed by atoms with Crippen LogP contribution in [-0.4, -0.2) is 40.8 Å². The highest BCUT2D eigenvalue weighted by atomic mass is 19.1. The SMILES string of the molecule is CC(C)OC(=O)[C@@H]1CCNC1c1ccc(F)cc1.O=C(O)C(=O)O. The second-order valence-electron chi connectivity index (χ2n) is 5.47. The van der Waals surface area contributed by atoms with Gasteiger partial charge in [0.1, 0.15) is 5.82 Å². The smallest absolute Gasteiger partial charge is 0.414 e. The fourth-order valence-corrected chi connectivity index (χ4v) is 2.30. The first kappa shape index (κ1) is 19.6. The number of hydrogen-bond acceptors (Lipinski definition) is 5. The second kappa shape index (κ2) is 8.97. The van der Waals surface area contributed by atoms with Crippen LogP contribution >= 0.6 is 0 Å². The quantitative estimate of drug-likeness (QED) is 0.565. The Bertz CT molecular complexity index is 575. The molecule has 0 radical (unpaired) electrons. The number of benzene rings is 1. The third-order valence-electron chi connectivity index (χ3n) is 3.29. The van der Waals surface area contributed by atoms with Crippen LogP contribution in [0.1, 0.15) is 31.9 Å². The Balaban J connectivity index is 0.000000413. The zero-order valence-corrected chi connectivity index (χ0v) is 13.4. The molecule has 3 N–H and O–H groups in total. The average Bonchev–Trinajstić information content (AvgIpc) is 2.97. The molecule has 1 aromatic rings. The molecule has 1 unspecified atom stereocenters. The number of nitrogens with one attached hydrogen (secondary N) is 1. The van der Waals surface area contributed by atoms with Crippen molar-refractivity contribution < 1.29 is 33.7 Å². The van der Waals surface area contributed by atoms with Gasteiger partial charge in [0.25, 0.3) is 0 Å². The number of carboxylic acid groups (broad SMARTS) is 2. The van der Waals surface area contributed by atoms with Gasteiger partial charge >= 0.3 is 17.9 Å². The molecule has 132 valence electrons. The summed E-state index contributed by atoms with van der Waals surface area (Å²) < 4.78 is 18.1. The van der Waals surface area contributed by atoms with E-state index in [2.05, 4.69) is 5.32 Å². The minimum atomic E-state index is -1.82. The summed E-state index contributed by atoms with van der Waals surface area (Å²) in [4.78, 5) is 30.2. The molecule has 0 bridgehead atoms. The Morgan fingerprint density at radius 3 is 2.17 bits per heavy atom. The zero-order valence-electron chi connectivity index (χ0n) is 13.4. The van der Waals surface area contributed by atoms with Crippen LogP contribution in [0.5, 0.6) is 0 Å². The summed E-state index contributed by atoms with van der Waals surface area (Å²) >= 11 is 0. The molecule has 1 aliphatic heterocycles. The highest BCUT2D eigenvalue weighted by molar-refractivity contribution is 6.27. The van der Waals surface area contributed by atoms with E-state index in [1.807, 2.05) is 13.8 Å². The van der Waals surface area contributed by atoms with E-state index >= 15 is 0 Å². The highest BCUT2D eigenvalue weighted by Crippen LogP contribution is 2.30. The van der Waals surface area contributed by atoms with Gasteiger partial charge in [0.05, 0.1) is 12.0 Å². The normalized spacial score (nSPS) is 19.3. The van der Waals surface area contributed by atoms with Gasteiger partial charge in [-0.1, -0.05) is 12.1 Å². The van der Waals surface area contributed by atoms with Crippen molar-refractivity contribution in [3.8, 4) is 0 Å². The van der Waals surface area contributed by atoms with Crippen LogP contribution in [0.15, 0.2) is 24.3 Å². The number of esters is 1. The molecule has 2 atom stereocenters. The van der Waals surface area contributed by atoms with Crippen LogP contribution in [-0.2, 0) is 19.1 Å². The lowest BCUT2D eigenvalue weighted by Crippen LogP contribution is -2.27. The Labute approximate surface area is 138 Å². The molecule has 0 aliphatic carbocycles. The first-order valence-corrected chi connectivity index (χ1v) is 7.38. The third-order valence-corrected chi connectivity index (χ3v) is 3.29. The molecular weight excluding hydrogens is 321 g/mol. The van der Waals surface area contributed by atoms with Crippen molar-refractivity contribution in [1.82, 2.24) is 5.32 Å². The molecule has 24 heavy (non-hydrogen) atoms.